The number of aryl methyl sites for hydroxylation is 1. The van der Waals surface area contributed by atoms with Crippen LogP contribution in [0.5, 0.6) is 5.75 Å². The smallest absolute Gasteiger partial charge is 0.326 e. The first-order chi connectivity index (χ1) is 9.83. The van der Waals surface area contributed by atoms with Gasteiger partial charge in [0, 0.05) is 24.8 Å². The van der Waals surface area contributed by atoms with Gasteiger partial charge in [0.25, 0.3) is 0 Å². The van der Waals surface area contributed by atoms with E-state index in [9.17, 15) is 19.8 Å². The number of pyridine rings is 1. The Labute approximate surface area is 123 Å². The molecule has 0 saturated carbocycles. The van der Waals surface area contributed by atoms with E-state index < -0.39 is 23.2 Å². The highest BCUT2D eigenvalue weighted by molar-refractivity contribution is 5.71. The minimum absolute atomic E-state index is 0.0564. The van der Waals surface area contributed by atoms with Crippen LogP contribution in [-0.4, -0.2) is 50.5 Å². The van der Waals surface area contributed by atoms with E-state index in [0.29, 0.717) is 18.8 Å². The number of aromatic hydroxyl groups is 1. The number of carboxylic acids is 1. The Bertz CT molecular complexity index is 567. The van der Waals surface area contributed by atoms with Crippen LogP contribution in [0.4, 0.5) is 0 Å². The highest BCUT2D eigenvalue weighted by Gasteiger charge is 2.22. The maximum atomic E-state index is 11.8. The summed E-state index contributed by atoms with van der Waals surface area (Å²) in [4.78, 5) is 24.8. The van der Waals surface area contributed by atoms with E-state index in [1.54, 1.807) is 6.92 Å². The molecule has 0 aromatic carbocycles. The number of aliphatic carboxylic acids is 1. The molecule has 7 heteroatoms. The number of nitrogens with zero attached hydrogens (tertiary/aromatic N) is 2. The van der Waals surface area contributed by atoms with Crippen LogP contribution in [0, 0.1) is 6.92 Å². The molecule has 0 amide bonds. The summed E-state index contributed by atoms with van der Waals surface area (Å²) in [6.07, 6.45) is 0. The normalized spacial score (nSPS) is 12.6. The van der Waals surface area contributed by atoms with Crippen molar-refractivity contribution in [3.05, 3.63) is 27.7 Å². The van der Waals surface area contributed by atoms with Gasteiger partial charge in [-0.3, -0.25) is 9.69 Å². The summed E-state index contributed by atoms with van der Waals surface area (Å²) in [5.74, 6) is -1.49. The fraction of sp³-hybridized carbons (Fsp3) is 0.571. The number of rotatable bonds is 7. The van der Waals surface area contributed by atoms with Gasteiger partial charge in [-0.25, -0.2) is 4.79 Å². The van der Waals surface area contributed by atoms with E-state index in [1.165, 1.54) is 17.6 Å². The van der Waals surface area contributed by atoms with Crippen LogP contribution in [0.15, 0.2) is 10.9 Å². The summed E-state index contributed by atoms with van der Waals surface area (Å²) in [7, 11) is 0. The number of aromatic nitrogens is 1. The molecule has 0 radical (unpaired) electrons. The van der Waals surface area contributed by atoms with E-state index in [2.05, 4.69) is 0 Å². The molecule has 3 N–H and O–H groups in total. The van der Waals surface area contributed by atoms with Gasteiger partial charge in [-0.15, -0.1) is 0 Å². The van der Waals surface area contributed by atoms with E-state index in [-0.39, 0.29) is 18.8 Å². The third kappa shape index (κ3) is 3.83. The maximum Gasteiger partial charge on any atom is 0.326 e. The fourth-order valence-corrected chi connectivity index (χ4v) is 2.30. The molecule has 0 bridgehead atoms. The van der Waals surface area contributed by atoms with Crippen molar-refractivity contribution < 1.29 is 20.1 Å². The number of hydrogen-bond donors (Lipinski definition) is 3. The van der Waals surface area contributed by atoms with E-state index in [0.717, 1.165) is 0 Å². The van der Waals surface area contributed by atoms with Crippen LogP contribution in [0.25, 0.3) is 0 Å². The quantitative estimate of drug-likeness (QED) is 0.670. The molecular formula is C14H22N2O5. The second kappa shape index (κ2) is 7.24. The monoisotopic (exact) mass is 298 g/mol. The lowest BCUT2D eigenvalue weighted by Gasteiger charge is -2.26. The van der Waals surface area contributed by atoms with Gasteiger partial charge < -0.3 is 19.9 Å². The Morgan fingerprint density at radius 3 is 2.57 bits per heavy atom. The Morgan fingerprint density at radius 2 is 2.10 bits per heavy atom. The molecule has 0 aliphatic carbocycles. The minimum Gasteiger partial charge on any atom is -0.503 e. The zero-order valence-corrected chi connectivity index (χ0v) is 12.5. The predicted octanol–water partition coefficient (Wildman–Crippen LogP) is 0.322. The average Bonchev–Trinajstić information content (AvgIpc) is 2.43. The van der Waals surface area contributed by atoms with Gasteiger partial charge >= 0.3 is 5.97 Å². The molecule has 118 valence electrons. The van der Waals surface area contributed by atoms with E-state index in [4.69, 9.17) is 5.11 Å². The summed E-state index contributed by atoms with van der Waals surface area (Å²) in [6, 6.07) is 0.319. The van der Waals surface area contributed by atoms with Gasteiger partial charge in [0.05, 0.1) is 12.3 Å². The number of hydrogen-bond acceptors (Lipinski definition) is 5. The predicted molar refractivity (Wildman–Crippen MR) is 77.5 cm³/mol. The lowest BCUT2D eigenvalue weighted by molar-refractivity contribution is -0.140. The molecule has 0 fully saturated rings. The highest BCUT2D eigenvalue weighted by atomic mass is 16.4. The van der Waals surface area contributed by atoms with Gasteiger partial charge in [-0.1, -0.05) is 6.92 Å². The molecular weight excluding hydrogens is 276 g/mol. The van der Waals surface area contributed by atoms with Crippen LogP contribution in [0.3, 0.4) is 0 Å². The summed E-state index contributed by atoms with van der Waals surface area (Å²) in [6.45, 7) is 6.11. The summed E-state index contributed by atoms with van der Waals surface area (Å²) < 4.78 is 1.44. The summed E-state index contributed by atoms with van der Waals surface area (Å²) in [5, 5.41) is 28.3. The SMILES string of the molecule is CCN(CCO)Cc1c(O)c(=O)cc(C)n1C(C)C(=O)O. The Hall–Kier alpha value is -1.86. The molecule has 1 rings (SSSR count). The van der Waals surface area contributed by atoms with Crippen molar-refractivity contribution >= 4 is 5.97 Å². The zero-order chi connectivity index (χ0) is 16.2. The molecule has 1 aromatic heterocycles. The maximum absolute atomic E-state index is 11.8. The third-order valence-electron chi connectivity index (χ3n) is 3.50. The number of carboxylic acid groups (broad SMARTS) is 1. The molecule has 0 aliphatic heterocycles. The molecule has 0 aliphatic rings. The Kier molecular flexibility index (Phi) is 5.92. The number of aliphatic hydroxyl groups is 1. The van der Waals surface area contributed by atoms with Gasteiger partial charge in [0.15, 0.2) is 5.75 Å². The lowest BCUT2D eigenvalue weighted by Crippen LogP contribution is -2.31. The van der Waals surface area contributed by atoms with Crippen LogP contribution < -0.4 is 5.43 Å². The lowest BCUT2D eigenvalue weighted by atomic mass is 10.2. The van der Waals surface area contributed by atoms with Crippen LogP contribution >= 0.6 is 0 Å². The summed E-state index contributed by atoms with van der Waals surface area (Å²) >= 11 is 0. The molecule has 1 atom stereocenters. The van der Waals surface area contributed by atoms with Crippen LogP contribution in [0.2, 0.25) is 0 Å². The van der Waals surface area contributed by atoms with Crippen molar-refractivity contribution in [2.45, 2.75) is 33.4 Å². The van der Waals surface area contributed by atoms with Crippen LogP contribution in [0.1, 0.15) is 31.3 Å². The van der Waals surface area contributed by atoms with E-state index in [1.807, 2.05) is 11.8 Å². The first kappa shape index (κ1) is 17.2. The molecule has 0 saturated heterocycles. The second-order valence-electron chi connectivity index (χ2n) is 4.92. The van der Waals surface area contributed by atoms with Gasteiger partial charge in [0.2, 0.25) is 5.43 Å². The van der Waals surface area contributed by atoms with Gasteiger partial charge in [-0.2, -0.15) is 0 Å². The minimum atomic E-state index is -1.05. The van der Waals surface area contributed by atoms with Crippen molar-refractivity contribution in [2.24, 2.45) is 0 Å². The Balaban J connectivity index is 3.39. The first-order valence-electron chi connectivity index (χ1n) is 6.83. The largest absolute Gasteiger partial charge is 0.503 e. The third-order valence-corrected chi connectivity index (χ3v) is 3.50. The standard InChI is InChI=1S/C14H22N2O5/c1-4-15(5-6-17)8-11-13(19)12(18)7-9(2)16(11)10(3)14(20)21/h7,10,17,19H,4-6,8H2,1-3H3,(H,20,21). The molecule has 21 heavy (non-hydrogen) atoms. The van der Waals surface area contributed by atoms with Crippen molar-refractivity contribution in [3.63, 3.8) is 0 Å². The van der Waals surface area contributed by atoms with Gasteiger partial charge in [-0.05, 0) is 20.4 Å². The van der Waals surface area contributed by atoms with Crippen LogP contribution in [-0.2, 0) is 11.3 Å². The number of likely N-dealkylation sites (N-methyl/N-ethyl adjacent to an activating group) is 1. The molecule has 1 unspecified atom stereocenters. The average molecular weight is 298 g/mol. The molecule has 7 nitrogen and oxygen atoms in total. The second-order valence-corrected chi connectivity index (χ2v) is 4.92. The number of aliphatic hydroxyl groups excluding tert-OH is 1. The van der Waals surface area contributed by atoms with E-state index >= 15 is 0 Å². The molecule has 0 spiro atoms. The first-order valence-corrected chi connectivity index (χ1v) is 6.83. The van der Waals surface area contributed by atoms with Crippen molar-refractivity contribution in [1.82, 2.24) is 9.47 Å². The zero-order valence-electron chi connectivity index (χ0n) is 12.5. The topological polar surface area (TPSA) is 103 Å². The molecule has 1 heterocycles. The Morgan fingerprint density at radius 1 is 1.48 bits per heavy atom. The highest BCUT2D eigenvalue weighted by Crippen LogP contribution is 2.21. The van der Waals surface area contributed by atoms with Crippen molar-refractivity contribution in [2.75, 3.05) is 19.7 Å². The van der Waals surface area contributed by atoms with Crippen molar-refractivity contribution in [3.8, 4) is 5.75 Å². The number of carbonyl (C=O) groups is 1. The molecule has 1 aromatic rings. The fourth-order valence-electron chi connectivity index (χ4n) is 2.30. The summed E-state index contributed by atoms with van der Waals surface area (Å²) in [5.41, 5.74) is 0.198. The van der Waals surface area contributed by atoms with Crippen molar-refractivity contribution in [1.29, 1.82) is 0 Å². The van der Waals surface area contributed by atoms with Gasteiger partial charge in [0.1, 0.15) is 6.04 Å².